The molecular formula is C33H33Cl2FN4O6. The van der Waals surface area contributed by atoms with Crippen LogP contribution >= 0.6 is 23.2 Å². The molecule has 5 rings (SSSR count). The van der Waals surface area contributed by atoms with Crippen molar-refractivity contribution in [1.29, 1.82) is 0 Å². The van der Waals surface area contributed by atoms with Gasteiger partial charge in [0.15, 0.2) is 0 Å². The maximum Gasteiger partial charge on any atom is 0.307 e. The lowest BCUT2D eigenvalue weighted by Gasteiger charge is -2.35. The Labute approximate surface area is 275 Å². The van der Waals surface area contributed by atoms with Gasteiger partial charge >= 0.3 is 5.97 Å². The van der Waals surface area contributed by atoms with Crippen LogP contribution in [0.4, 0.5) is 10.1 Å². The SMILES string of the molecule is COc1cc(-c2cccc(-c3cccc(NC(=O)C4=CN(C)C(O)N(C)C4=O)c3Cl)c2Cl)cc(F)c1CN1CCC[C@@H](C(=O)O)C1. The standard InChI is InChI=1S/C33H33Cl2FN4O6/c1-38-16-24(31(42)39(2)33(38)45)30(41)37-26-11-5-10-22(29(26)35)21-9-4-8-20(28(21)34)19-13-25(36)23(27(14-19)46-3)17-40-12-6-7-18(15-40)32(43)44/h4-5,8-11,13-14,16,18,33,45H,6-7,12,15,17H2,1-3H3,(H,37,41)(H,43,44)/t18-,33?/m1/s1. The predicted octanol–water partition coefficient (Wildman–Crippen LogP) is 5.27. The number of anilines is 1. The van der Waals surface area contributed by atoms with E-state index < -0.39 is 35.9 Å². The maximum absolute atomic E-state index is 15.7. The molecule has 3 aromatic rings. The van der Waals surface area contributed by atoms with Crippen LogP contribution in [0.1, 0.15) is 18.4 Å². The molecule has 13 heteroatoms. The molecule has 242 valence electrons. The first-order valence-electron chi connectivity index (χ1n) is 14.5. The van der Waals surface area contributed by atoms with E-state index in [0.29, 0.717) is 59.5 Å². The van der Waals surface area contributed by atoms with Crippen molar-refractivity contribution in [3.05, 3.63) is 81.7 Å². The van der Waals surface area contributed by atoms with Crippen LogP contribution in [-0.2, 0) is 20.9 Å². The lowest BCUT2D eigenvalue weighted by molar-refractivity contribution is -0.149. The molecule has 1 unspecified atom stereocenters. The number of carboxylic acids is 1. The van der Waals surface area contributed by atoms with E-state index in [0.717, 1.165) is 4.90 Å². The van der Waals surface area contributed by atoms with Crippen molar-refractivity contribution >= 4 is 46.7 Å². The summed E-state index contributed by atoms with van der Waals surface area (Å²) in [6.45, 7) is 1.20. The molecule has 2 heterocycles. The van der Waals surface area contributed by atoms with Crippen LogP contribution in [0.25, 0.3) is 22.3 Å². The van der Waals surface area contributed by atoms with Gasteiger partial charge in [0.05, 0.1) is 28.8 Å². The molecule has 0 aromatic heterocycles. The second-order valence-electron chi connectivity index (χ2n) is 11.3. The third-order valence-electron chi connectivity index (χ3n) is 8.30. The highest BCUT2D eigenvalue weighted by Crippen LogP contribution is 2.43. The van der Waals surface area contributed by atoms with Crippen molar-refractivity contribution in [3.63, 3.8) is 0 Å². The van der Waals surface area contributed by atoms with E-state index in [1.807, 2.05) is 4.90 Å². The zero-order valence-electron chi connectivity index (χ0n) is 25.4. The number of benzene rings is 3. The molecule has 0 saturated carbocycles. The molecule has 0 aliphatic carbocycles. The number of ether oxygens (including phenoxy) is 1. The molecule has 2 aliphatic heterocycles. The minimum Gasteiger partial charge on any atom is -0.496 e. The van der Waals surface area contributed by atoms with Gasteiger partial charge in [0.25, 0.3) is 11.8 Å². The van der Waals surface area contributed by atoms with Crippen LogP contribution in [-0.4, -0.2) is 83.3 Å². The van der Waals surface area contributed by atoms with Crippen LogP contribution in [0.15, 0.2) is 60.3 Å². The number of amides is 2. The van der Waals surface area contributed by atoms with E-state index in [2.05, 4.69) is 5.32 Å². The molecule has 2 atom stereocenters. The molecular weight excluding hydrogens is 638 g/mol. The second-order valence-corrected chi connectivity index (χ2v) is 12.1. The summed E-state index contributed by atoms with van der Waals surface area (Å²) in [7, 11) is 4.36. The zero-order chi connectivity index (χ0) is 33.3. The first kappa shape index (κ1) is 33.2. The Morgan fingerprint density at radius 1 is 1.07 bits per heavy atom. The summed E-state index contributed by atoms with van der Waals surface area (Å²) < 4.78 is 21.2. The third-order valence-corrected chi connectivity index (χ3v) is 9.11. The van der Waals surface area contributed by atoms with Gasteiger partial charge in [0.2, 0.25) is 6.35 Å². The fourth-order valence-corrected chi connectivity index (χ4v) is 6.38. The molecule has 2 aliphatic rings. The first-order valence-corrected chi connectivity index (χ1v) is 15.3. The van der Waals surface area contributed by atoms with Gasteiger partial charge in [-0.15, -0.1) is 0 Å². The number of aliphatic hydroxyl groups is 1. The molecule has 0 radical (unpaired) electrons. The number of piperidine rings is 1. The van der Waals surface area contributed by atoms with Gasteiger partial charge in [-0.2, -0.15) is 0 Å². The molecule has 46 heavy (non-hydrogen) atoms. The van der Waals surface area contributed by atoms with E-state index >= 15 is 4.39 Å². The Balaban J connectivity index is 1.43. The topological polar surface area (TPSA) is 123 Å². The van der Waals surface area contributed by atoms with Gasteiger partial charge in [-0.05, 0) is 43.1 Å². The number of carbonyl (C=O) groups is 3. The summed E-state index contributed by atoms with van der Waals surface area (Å²) in [5, 5.41) is 22.6. The van der Waals surface area contributed by atoms with Crippen LogP contribution in [0, 0.1) is 11.7 Å². The molecule has 0 spiro atoms. The molecule has 0 bridgehead atoms. The summed E-state index contributed by atoms with van der Waals surface area (Å²) in [6.07, 6.45) is 1.37. The quantitative estimate of drug-likeness (QED) is 0.277. The minimum absolute atomic E-state index is 0.167. The number of rotatable bonds is 8. The number of hydrogen-bond donors (Lipinski definition) is 3. The molecule has 1 saturated heterocycles. The maximum atomic E-state index is 15.7. The average Bonchev–Trinajstić information content (AvgIpc) is 3.04. The number of methoxy groups -OCH3 is 1. The van der Waals surface area contributed by atoms with Gasteiger partial charge in [-0.3, -0.25) is 24.2 Å². The first-order chi connectivity index (χ1) is 21.9. The Morgan fingerprint density at radius 3 is 2.43 bits per heavy atom. The summed E-state index contributed by atoms with van der Waals surface area (Å²) in [5.41, 5.74) is 2.36. The fraction of sp³-hybridized carbons (Fsp3) is 0.303. The lowest BCUT2D eigenvalue weighted by Crippen LogP contribution is -2.51. The number of likely N-dealkylation sites (N-methyl/N-ethyl adjacent to an activating group) is 1. The molecule has 1 fully saturated rings. The summed E-state index contributed by atoms with van der Waals surface area (Å²) in [4.78, 5) is 41.5. The number of nitrogens with zero attached hydrogens (tertiary/aromatic N) is 3. The third kappa shape index (κ3) is 6.54. The van der Waals surface area contributed by atoms with E-state index in [9.17, 15) is 24.6 Å². The van der Waals surface area contributed by atoms with Crippen LogP contribution < -0.4 is 10.1 Å². The van der Waals surface area contributed by atoms with Gasteiger partial charge in [-0.1, -0.05) is 53.5 Å². The number of hydrogen-bond acceptors (Lipinski definition) is 7. The van der Waals surface area contributed by atoms with Crippen molar-refractivity contribution in [2.75, 3.05) is 39.6 Å². The highest BCUT2D eigenvalue weighted by Gasteiger charge is 2.33. The van der Waals surface area contributed by atoms with Gasteiger partial charge in [-0.25, -0.2) is 4.39 Å². The average molecular weight is 672 g/mol. The van der Waals surface area contributed by atoms with E-state index in [1.54, 1.807) is 42.5 Å². The molecule has 3 N–H and O–H groups in total. The number of halogens is 3. The number of aliphatic carboxylic acids is 1. The van der Waals surface area contributed by atoms with Crippen molar-refractivity contribution < 1.29 is 33.7 Å². The highest BCUT2D eigenvalue weighted by molar-refractivity contribution is 6.40. The van der Waals surface area contributed by atoms with E-state index in [4.69, 9.17) is 27.9 Å². The molecule has 2 amide bonds. The van der Waals surface area contributed by atoms with E-state index in [-0.39, 0.29) is 27.9 Å². The van der Waals surface area contributed by atoms with Crippen molar-refractivity contribution in [1.82, 2.24) is 14.7 Å². The van der Waals surface area contributed by atoms with Gasteiger partial charge < -0.3 is 25.2 Å². The Hall–Kier alpha value is -4.16. The highest BCUT2D eigenvalue weighted by atomic mass is 35.5. The zero-order valence-corrected chi connectivity index (χ0v) is 26.9. The monoisotopic (exact) mass is 670 g/mol. The number of aliphatic hydroxyl groups excluding tert-OH is 1. The molecule has 10 nitrogen and oxygen atoms in total. The number of carboxylic acid groups (broad SMARTS) is 1. The fourth-order valence-electron chi connectivity index (χ4n) is 5.77. The van der Waals surface area contributed by atoms with Crippen molar-refractivity contribution in [2.24, 2.45) is 5.92 Å². The van der Waals surface area contributed by atoms with Crippen LogP contribution in [0.2, 0.25) is 10.0 Å². The summed E-state index contributed by atoms with van der Waals surface area (Å²) in [6, 6.07) is 13.3. The number of likely N-dealkylation sites (tertiary alicyclic amines) is 1. The van der Waals surface area contributed by atoms with Crippen molar-refractivity contribution in [2.45, 2.75) is 25.7 Å². The van der Waals surface area contributed by atoms with Gasteiger partial charge in [0, 0.05) is 55.6 Å². The van der Waals surface area contributed by atoms with Gasteiger partial charge in [0.1, 0.15) is 17.1 Å². The predicted molar refractivity (Wildman–Crippen MR) is 173 cm³/mol. The van der Waals surface area contributed by atoms with Crippen LogP contribution in [0.3, 0.4) is 0 Å². The normalized spacial score (nSPS) is 18.8. The second kappa shape index (κ2) is 13.7. The summed E-state index contributed by atoms with van der Waals surface area (Å²) in [5.74, 6) is -2.90. The van der Waals surface area contributed by atoms with Crippen LogP contribution in [0.5, 0.6) is 5.75 Å². The van der Waals surface area contributed by atoms with Crippen molar-refractivity contribution in [3.8, 4) is 28.0 Å². The summed E-state index contributed by atoms with van der Waals surface area (Å²) >= 11 is 13.7. The molecule has 3 aromatic carbocycles. The lowest BCUT2D eigenvalue weighted by atomic mass is 9.96. The largest absolute Gasteiger partial charge is 0.496 e. The Morgan fingerprint density at radius 2 is 1.74 bits per heavy atom. The smallest absolute Gasteiger partial charge is 0.307 e. The van der Waals surface area contributed by atoms with E-state index in [1.165, 1.54) is 38.4 Å². The number of nitrogens with one attached hydrogen (secondary N) is 1. The Kier molecular flexibility index (Phi) is 9.88. The Bertz CT molecular complexity index is 1730. The number of carbonyl (C=O) groups excluding carboxylic acids is 2. The minimum atomic E-state index is -1.20.